The van der Waals surface area contributed by atoms with Crippen LogP contribution in [0.25, 0.3) is 10.8 Å². The molecule has 0 bridgehead atoms. The lowest BCUT2D eigenvalue weighted by Crippen LogP contribution is -2.53. The Morgan fingerprint density at radius 2 is 1.48 bits per heavy atom. The number of nitrogens with two attached hydrogens (primary N) is 2. The number of fused-ring (bicyclic) bond motifs is 1. The molecule has 3 aromatic carbocycles. The molecule has 9 nitrogen and oxygen atoms in total. The predicted molar refractivity (Wildman–Crippen MR) is 155 cm³/mol. The summed E-state index contributed by atoms with van der Waals surface area (Å²) < 4.78 is 5.29. The first kappa shape index (κ1) is 30.6. The molecule has 0 aliphatic carbocycles. The molecule has 214 valence electrons. The highest BCUT2D eigenvalue weighted by Crippen LogP contribution is 2.17. The van der Waals surface area contributed by atoms with Gasteiger partial charge >= 0.3 is 5.97 Å². The van der Waals surface area contributed by atoms with E-state index in [1.54, 1.807) is 45.0 Å². The number of phenolic OH excluding ortho intramolecular Hbond substituents is 1. The first-order valence-electron chi connectivity index (χ1n) is 13.5. The lowest BCUT2D eigenvalue weighted by atomic mass is 10.00. The number of amides is 2. The van der Waals surface area contributed by atoms with Gasteiger partial charge in [0, 0.05) is 13.0 Å². The number of hydrogen-bond donors (Lipinski definition) is 5. The normalized spacial score (nSPS) is 13.7. The molecule has 0 heterocycles. The first-order chi connectivity index (χ1) is 18.9. The van der Waals surface area contributed by atoms with E-state index in [4.69, 9.17) is 16.2 Å². The lowest BCUT2D eigenvalue weighted by Gasteiger charge is -2.23. The number of benzene rings is 3. The van der Waals surface area contributed by atoms with Gasteiger partial charge in [-0.2, -0.15) is 0 Å². The van der Waals surface area contributed by atoms with Crippen molar-refractivity contribution in [2.75, 3.05) is 6.54 Å². The van der Waals surface area contributed by atoms with Crippen molar-refractivity contribution in [2.45, 2.75) is 70.2 Å². The largest absolute Gasteiger partial charge is 0.508 e. The van der Waals surface area contributed by atoms with Crippen LogP contribution in [0, 0.1) is 0 Å². The number of carbonyl (C=O) groups is 3. The van der Waals surface area contributed by atoms with Crippen molar-refractivity contribution in [3.05, 3.63) is 77.9 Å². The van der Waals surface area contributed by atoms with Crippen LogP contribution in [-0.4, -0.2) is 53.2 Å². The summed E-state index contributed by atoms with van der Waals surface area (Å²) >= 11 is 0. The van der Waals surface area contributed by atoms with Crippen LogP contribution < -0.4 is 22.1 Å². The molecule has 0 aliphatic rings. The summed E-state index contributed by atoms with van der Waals surface area (Å²) in [6.07, 6.45) is 1.14. The molecule has 3 rings (SSSR count). The maximum atomic E-state index is 13.2. The summed E-state index contributed by atoms with van der Waals surface area (Å²) in [7, 11) is 0. The van der Waals surface area contributed by atoms with Gasteiger partial charge in [0.15, 0.2) is 0 Å². The molecule has 0 aliphatic heterocycles. The van der Waals surface area contributed by atoms with Gasteiger partial charge < -0.3 is 31.9 Å². The molecule has 3 atom stereocenters. The first-order valence-corrected chi connectivity index (χ1v) is 13.5. The zero-order chi connectivity index (χ0) is 29.3. The van der Waals surface area contributed by atoms with E-state index in [0.717, 1.165) is 21.9 Å². The van der Waals surface area contributed by atoms with Gasteiger partial charge in [0.1, 0.15) is 23.4 Å². The van der Waals surface area contributed by atoms with Gasteiger partial charge in [-0.25, -0.2) is 0 Å². The minimum Gasteiger partial charge on any atom is -0.508 e. The Morgan fingerprint density at radius 3 is 2.15 bits per heavy atom. The van der Waals surface area contributed by atoms with E-state index in [2.05, 4.69) is 10.6 Å². The summed E-state index contributed by atoms with van der Waals surface area (Å²) in [5.41, 5.74) is 13.2. The Morgan fingerprint density at radius 1 is 0.850 bits per heavy atom. The second kappa shape index (κ2) is 13.9. The molecule has 2 amide bonds. The van der Waals surface area contributed by atoms with E-state index in [1.807, 2.05) is 42.5 Å². The van der Waals surface area contributed by atoms with Crippen molar-refractivity contribution in [2.24, 2.45) is 11.5 Å². The third kappa shape index (κ3) is 9.66. The summed E-state index contributed by atoms with van der Waals surface area (Å²) in [6.45, 7) is 5.61. The number of hydrogen-bond acceptors (Lipinski definition) is 7. The van der Waals surface area contributed by atoms with Crippen LogP contribution in [-0.2, 0) is 32.0 Å². The SMILES string of the molecule is CC(C)(C)OC(=O)C(N)CC[C@@H](N)C(=O)N[C@H](Cc1ccc2ccccc2c1)C(=O)NCCc1ccc(O)cc1. The second-order valence-electron chi connectivity index (χ2n) is 11.0. The van der Waals surface area contributed by atoms with Crippen LogP contribution in [0.4, 0.5) is 0 Å². The van der Waals surface area contributed by atoms with Gasteiger partial charge in [-0.05, 0) is 74.1 Å². The fourth-order valence-corrected chi connectivity index (χ4v) is 4.19. The monoisotopic (exact) mass is 548 g/mol. The van der Waals surface area contributed by atoms with E-state index in [9.17, 15) is 19.5 Å². The molecule has 3 aromatic rings. The smallest absolute Gasteiger partial charge is 0.323 e. The van der Waals surface area contributed by atoms with Crippen molar-refractivity contribution >= 4 is 28.6 Å². The Balaban J connectivity index is 1.64. The van der Waals surface area contributed by atoms with Crippen LogP contribution in [0.1, 0.15) is 44.7 Å². The average Bonchev–Trinajstić information content (AvgIpc) is 2.91. The number of rotatable bonds is 12. The molecule has 40 heavy (non-hydrogen) atoms. The Kier molecular flexibility index (Phi) is 10.6. The summed E-state index contributed by atoms with van der Waals surface area (Å²) in [6, 6.07) is 17.9. The maximum Gasteiger partial charge on any atom is 0.323 e. The minimum atomic E-state index is -0.961. The highest BCUT2D eigenvalue weighted by Gasteiger charge is 2.27. The topological polar surface area (TPSA) is 157 Å². The van der Waals surface area contributed by atoms with Crippen LogP contribution in [0.2, 0.25) is 0 Å². The standard InChI is InChI=1S/C31H40N4O5/c1-31(2,3)40-30(39)26(33)15-14-25(32)28(37)35-27(19-21-8-11-22-6-4-5-7-23(22)18-21)29(38)34-17-16-20-9-12-24(36)13-10-20/h4-13,18,25-27,36H,14-17,19,32-33H2,1-3H3,(H,34,38)(H,35,37)/t25-,26?,27-/m1/s1. The van der Waals surface area contributed by atoms with E-state index in [1.165, 1.54) is 0 Å². The summed E-state index contributed by atoms with van der Waals surface area (Å²) in [4.78, 5) is 38.4. The third-order valence-electron chi connectivity index (χ3n) is 6.37. The summed E-state index contributed by atoms with van der Waals surface area (Å²) in [5, 5.41) is 17.3. The molecule has 0 saturated heterocycles. The molecule has 0 aromatic heterocycles. The molecule has 9 heteroatoms. The molecular weight excluding hydrogens is 508 g/mol. The molecule has 0 saturated carbocycles. The quantitative estimate of drug-likeness (QED) is 0.218. The van der Waals surface area contributed by atoms with Crippen molar-refractivity contribution in [1.29, 1.82) is 0 Å². The number of esters is 1. The van der Waals surface area contributed by atoms with Crippen LogP contribution >= 0.6 is 0 Å². The summed E-state index contributed by atoms with van der Waals surface area (Å²) in [5.74, 6) is -1.22. The van der Waals surface area contributed by atoms with Gasteiger partial charge in [-0.15, -0.1) is 0 Å². The number of phenols is 1. The van der Waals surface area contributed by atoms with Crippen LogP contribution in [0.5, 0.6) is 5.75 Å². The van der Waals surface area contributed by atoms with Gasteiger partial charge in [-0.1, -0.05) is 54.6 Å². The zero-order valence-corrected chi connectivity index (χ0v) is 23.4. The third-order valence-corrected chi connectivity index (χ3v) is 6.37. The van der Waals surface area contributed by atoms with Gasteiger partial charge in [0.2, 0.25) is 11.8 Å². The van der Waals surface area contributed by atoms with Gasteiger partial charge in [0.05, 0.1) is 6.04 Å². The second-order valence-corrected chi connectivity index (χ2v) is 11.0. The van der Waals surface area contributed by atoms with E-state index in [0.29, 0.717) is 13.0 Å². The van der Waals surface area contributed by atoms with Crippen molar-refractivity contribution in [1.82, 2.24) is 10.6 Å². The van der Waals surface area contributed by atoms with Crippen molar-refractivity contribution in [3.8, 4) is 5.75 Å². The molecule has 0 fully saturated rings. The van der Waals surface area contributed by atoms with Crippen molar-refractivity contribution < 1.29 is 24.2 Å². The van der Waals surface area contributed by atoms with Crippen LogP contribution in [0.3, 0.4) is 0 Å². The number of nitrogens with one attached hydrogen (secondary N) is 2. The Labute approximate surface area is 235 Å². The number of carbonyl (C=O) groups excluding carboxylic acids is 3. The van der Waals surface area contributed by atoms with E-state index >= 15 is 0 Å². The minimum absolute atomic E-state index is 0.150. The van der Waals surface area contributed by atoms with Crippen molar-refractivity contribution in [3.63, 3.8) is 0 Å². The Hall–Kier alpha value is -3.95. The Bertz CT molecular complexity index is 1300. The van der Waals surface area contributed by atoms with Gasteiger partial charge in [-0.3, -0.25) is 14.4 Å². The number of aromatic hydroxyl groups is 1. The van der Waals surface area contributed by atoms with Gasteiger partial charge in [0.25, 0.3) is 0 Å². The highest BCUT2D eigenvalue weighted by molar-refractivity contribution is 5.90. The van der Waals surface area contributed by atoms with E-state index in [-0.39, 0.29) is 30.9 Å². The fourth-order valence-electron chi connectivity index (χ4n) is 4.19. The maximum absolute atomic E-state index is 13.2. The number of ether oxygens (including phenoxy) is 1. The molecule has 7 N–H and O–H groups in total. The molecule has 0 spiro atoms. The molecular formula is C31H40N4O5. The predicted octanol–water partition coefficient (Wildman–Crippen LogP) is 2.71. The molecule has 0 radical (unpaired) electrons. The zero-order valence-electron chi connectivity index (χ0n) is 23.4. The fraction of sp³-hybridized carbons (Fsp3) is 0.387. The van der Waals surface area contributed by atoms with E-state index < -0.39 is 35.6 Å². The lowest BCUT2D eigenvalue weighted by molar-refractivity contribution is -0.156. The molecule has 1 unspecified atom stereocenters. The van der Waals surface area contributed by atoms with Crippen LogP contribution in [0.15, 0.2) is 66.7 Å². The highest BCUT2D eigenvalue weighted by atomic mass is 16.6. The average molecular weight is 549 g/mol.